The third-order valence-corrected chi connectivity index (χ3v) is 4.37. The molecular formula is C19H20O5. The summed E-state index contributed by atoms with van der Waals surface area (Å²) in [6.07, 6.45) is 2.21. The third kappa shape index (κ3) is 3.02. The van der Waals surface area contributed by atoms with Gasteiger partial charge in [0.1, 0.15) is 0 Å². The molecule has 0 atom stereocenters. The van der Waals surface area contributed by atoms with Crippen LogP contribution in [0.5, 0.6) is 0 Å². The van der Waals surface area contributed by atoms with Gasteiger partial charge in [-0.1, -0.05) is 36.9 Å². The molecule has 1 aromatic carbocycles. The summed E-state index contributed by atoms with van der Waals surface area (Å²) in [5.74, 6) is -1.23. The molecule has 0 saturated carbocycles. The van der Waals surface area contributed by atoms with E-state index in [1.165, 1.54) is 21.1 Å². The lowest BCUT2D eigenvalue weighted by Crippen LogP contribution is -2.39. The SMILES string of the molecule is C=C(C1=CCC(C(=O)OC)(C(=O)OC)C1)c1ccc(C(C)=O)cc1. The quantitative estimate of drug-likeness (QED) is 0.472. The molecule has 0 N–H and O–H groups in total. The lowest BCUT2D eigenvalue weighted by Gasteiger charge is -2.23. The molecule has 5 heteroatoms. The van der Waals surface area contributed by atoms with Gasteiger partial charge in [0.15, 0.2) is 11.2 Å². The number of allylic oxidation sites excluding steroid dienone is 3. The van der Waals surface area contributed by atoms with Crippen LogP contribution in [0.15, 0.2) is 42.5 Å². The van der Waals surface area contributed by atoms with Crippen molar-refractivity contribution >= 4 is 23.3 Å². The summed E-state index contributed by atoms with van der Waals surface area (Å²) < 4.78 is 9.59. The largest absolute Gasteiger partial charge is 0.468 e. The molecule has 1 aliphatic carbocycles. The van der Waals surface area contributed by atoms with Crippen LogP contribution in [0, 0.1) is 5.41 Å². The Bertz CT molecular complexity index is 709. The Labute approximate surface area is 141 Å². The van der Waals surface area contributed by atoms with Gasteiger partial charge in [-0.3, -0.25) is 14.4 Å². The second-order valence-corrected chi connectivity index (χ2v) is 5.79. The topological polar surface area (TPSA) is 69.7 Å². The number of hydrogen-bond donors (Lipinski definition) is 0. The number of esters is 2. The highest BCUT2D eigenvalue weighted by molar-refractivity contribution is 6.02. The van der Waals surface area contributed by atoms with Crippen molar-refractivity contribution < 1.29 is 23.9 Å². The molecule has 0 saturated heterocycles. The van der Waals surface area contributed by atoms with Gasteiger partial charge in [-0.25, -0.2) is 0 Å². The molecule has 5 nitrogen and oxygen atoms in total. The van der Waals surface area contributed by atoms with Crippen LogP contribution in [0.4, 0.5) is 0 Å². The van der Waals surface area contributed by atoms with Crippen molar-refractivity contribution in [3.8, 4) is 0 Å². The van der Waals surface area contributed by atoms with E-state index in [0.29, 0.717) is 11.1 Å². The van der Waals surface area contributed by atoms with Crippen LogP contribution in [0.1, 0.15) is 35.7 Å². The van der Waals surface area contributed by atoms with Gasteiger partial charge in [0.25, 0.3) is 0 Å². The zero-order valence-electron chi connectivity index (χ0n) is 14.0. The Morgan fingerprint density at radius 1 is 1.00 bits per heavy atom. The Morgan fingerprint density at radius 2 is 1.50 bits per heavy atom. The van der Waals surface area contributed by atoms with Gasteiger partial charge in [-0.2, -0.15) is 0 Å². The highest BCUT2D eigenvalue weighted by Crippen LogP contribution is 2.44. The lowest BCUT2D eigenvalue weighted by atomic mass is 9.83. The van der Waals surface area contributed by atoms with Crippen LogP contribution < -0.4 is 0 Å². The Balaban J connectivity index is 2.24. The van der Waals surface area contributed by atoms with Crippen LogP contribution in [-0.4, -0.2) is 31.9 Å². The minimum absolute atomic E-state index is 0.0114. The van der Waals surface area contributed by atoms with Crippen molar-refractivity contribution in [3.63, 3.8) is 0 Å². The average Bonchev–Trinajstić information content (AvgIpc) is 3.06. The normalized spacial score (nSPS) is 15.4. The first kappa shape index (κ1) is 17.7. The van der Waals surface area contributed by atoms with Crippen molar-refractivity contribution in [2.45, 2.75) is 19.8 Å². The number of hydrogen-bond acceptors (Lipinski definition) is 5. The molecule has 0 unspecified atom stereocenters. The van der Waals surface area contributed by atoms with E-state index in [-0.39, 0.29) is 18.6 Å². The predicted molar refractivity (Wildman–Crippen MR) is 89.3 cm³/mol. The van der Waals surface area contributed by atoms with Crippen molar-refractivity contribution in [3.05, 3.63) is 53.6 Å². The summed E-state index contributed by atoms with van der Waals surface area (Å²) in [5, 5.41) is 0. The number of ether oxygens (including phenoxy) is 2. The summed E-state index contributed by atoms with van der Waals surface area (Å²) in [5.41, 5.74) is 1.60. The average molecular weight is 328 g/mol. The van der Waals surface area contributed by atoms with Gasteiger partial charge in [-0.15, -0.1) is 0 Å². The maximum Gasteiger partial charge on any atom is 0.323 e. The molecule has 1 aromatic rings. The molecule has 24 heavy (non-hydrogen) atoms. The van der Waals surface area contributed by atoms with Gasteiger partial charge in [-0.05, 0) is 36.5 Å². The zero-order valence-corrected chi connectivity index (χ0v) is 14.0. The highest BCUT2D eigenvalue weighted by Gasteiger charge is 2.51. The van der Waals surface area contributed by atoms with E-state index in [2.05, 4.69) is 6.58 Å². The summed E-state index contributed by atoms with van der Waals surface area (Å²) in [4.78, 5) is 35.6. The van der Waals surface area contributed by atoms with Crippen LogP contribution in [0.3, 0.4) is 0 Å². The van der Waals surface area contributed by atoms with E-state index in [1.54, 1.807) is 24.3 Å². The Morgan fingerprint density at radius 3 is 1.96 bits per heavy atom. The fourth-order valence-corrected chi connectivity index (χ4v) is 2.87. The molecule has 0 aromatic heterocycles. The molecule has 0 bridgehead atoms. The Kier molecular flexibility index (Phi) is 5.02. The van der Waals surface area contributed by atoms with Crippen LogP contribution in [0.25, 0.3) is 5.57 Å². The number of rotatable bonds is 5. The van der Waals surface area contributed by atoms with Crippen LogP contribution in [0.2, 0.25) is 0 Å². The smallest absolute Gasteiger partial charge is 0.323 e. The van der Waals surface area contributed by atoms with Gasteiger partial charge in [0.2, 0.25) is 0 Å². The molecular weight excluding hydrogens is 308 g/mol. The number of carbonyl (C=O) groups excluding carboxylic acids is 3. The van der Waals surface area contributed by atoms with Gasteiger partial charge in [0, 0.05) is 5.56 Å². The molecule has 0 aliphatic heterocycles. The molecule has 2 rings (SSSR count). The van der Waals surface area contributed by atoms with Gasteiger partial charge in [0.05, 0.1) is 14.2 Å². The molecule has 0 heterocycles. The first-order valence-electron chi connectivity index (χ1n) is 7.52. The maximum absolute atomic E-state index is 12.1. The summed E-state index contributed by atoms with van der Waals surface area (Å²) >= 11 is 0. The molecule has 1 aliphatic rings. The number of benzene rings is 1. The van der Waals surface area contributed by atoms with Crippen molar-refractivity contribution in [1.29, 1.82) is 0 Å². The number of ketones is 1. The number of carbonyl (C=O) groups is 3. The summed E-state index contributed by atoms with van der Waals surface area (Å²) in [6.45, 7) is 5.56. The summed E-state index contributed by atoms with van der Waals surface area (Å²) in [7, 11) is 2.50. The fourth-order valence-electron chi connectivity index (χ4n) is 2.87. The monoisotopic (exact) mass is 328 g/mol. The highest BCUT2D eigenvalue weighted by atomic mass is 16.5. The predicted octanol–water partition coefficient (Wildman–Crippen LogP) is 2.96. The lowest BCUT2D eigenvalue weighted by molar-refractivity contribution is -0.168. The van der Waals surface area contributed by atoms with Crippen molar-refractivity contribution in [1.82, 2.24) is 0 Å². The van der Waals surface area contributed by atoms with E-state index in [1.807, 2.05) is 6.08 Å². The van der Waals surface area contributed by atoms with Gasteiger partial charge < -0.3 is 9.47 Å². The second kappa shape index (κ2) is 6.83. The molecule has 0 amide bonds. The second-order valence-electron chi connectivity index (χ2n) is 5.79. The van der Waals surface area contributed by atoms with Crippen LogP contribution in [-0.2, 0) is 19.1 Å². The molecule has 0 radical (unpaired) electrons. The molecule has 0 fully saturated rings. The van der Waals surface area contributed by atoms with E-state index in [4.69, 9.17) is 9.47 Å². The maximum atomic E-state index is 12.1. The third-order valence-electron chi connectivity index (χ3n) is 4.37. The minimum atomic E-state index is -1.35. The van der Waals surface area contributed by atoms with E-state index in [0.717, 1.165) is 11.1 Å². The van der Waals surface area contributed by atoms with E-state index >= 15 is 0 Å². The number of methoxy groups -OCH3 is 2. The Hall–Kier alpha value is -2.69. The van der Waals surface area contributed by atoms with Crippen LogP contribution >= 0.6 is 0 Å². The van der Waals surface area contributed by atoms with Crippen molar-refractivity contribution in [2.24, 2.45) is 5.41 Å². The number of Topliss-reactive ketones (excluding diaryl/α,β-unsaturated/α-hetero) is 1. The minimum Gasteiger partial charge on any atom is -0.468 e. The van der Waals surface area contributed by atoms with E-state index < -0.39 is 17.4 Å². The van der Waals surface area contributed by atoms with Crippen molar-refractivity contribution in [2.75, 3.05) is 14.2 Å². The standard InChI is InChI=1S/C19H20O5/c1-12(14-5-7-15(8-6-14)13(2)20)16-9-10-19(11-16,17(21)23-3)18(22)24-4/h5-9H,1,10-11H2,2-4H3. The van der Waals surface area contributed by atoms with E-state index in [9.17, 15) is 14.4 Å². The molecule has 0 spiro atoms. The fraction of sp³-hybridized carbons (Fsp3) is 0.316. The molecule has 126 valence electrons. The summed E-state index contributed by atoms with van der Waals surface area (Å²) in [6, 6.07) is 7.06. The van der Waals surface area contributed by atoms with Gasteiger partial charge >= 0.3 is 11.9 Å². The zero-order chi connectivity index (χ0) is 17.9. The first-order valence-corrected chi connectivity index (χ1v) is 7.52. The first-order chi connectivity index (χ1) is 11.4.